The van der Waals surface area contributed by atoms with E-state index < -0.39 is 0 Å². The van der Waals surface area contributed by atoms with Gasteiger partial charge in [-0.25, -0.2) is 4.98 Å². The first kappa shape index (κ1) is 12.3. The lowest BCUT2D eigenvalue weighted by molar-refractivity contribution is 0.229. The molecule has 0 spiro atoms. The number of nitrogens with zero attached hydrogens (tertiary/aromatic N) is 1. The molecule has 1 aromatic carbocycles. The van der Waals surface area contributed by atoms with Crippen LogP contribution in [0.25, 0.3) is 10.2 Å². The monoisotopic (exact) mass is 250 g/mol. The molecule has 4 heteroatoms. The Bertz CT molecular complexity index is 436. The minimum absolute atomic E-state index is 0.279. The Hall–Kier alpha value is -1.13. The molecule has 0 radical (unpaired) electrons. The van der Waals surface area contributed by atoms with Gasteiger partial charge in [0, 0.05) is 13.2 Å². The van der Waals surface area contributed by atoms with Crippen LogP contribution in [0.2, 0.25) is 0 Å². The zero-order valence-corrected chi connectivity index (χ0v) is 10.8. The number of hydrogen-bond donors (Lipinski definition) is 2. The maximum atomic E-state index is 8.92. The van der Waals surface area contributed by atoms with Crippen molar-refractivity contribution in [2.45, 2.75) is 19.8 Å². The number of rotatable bonds is 6. The van der Waals surface area contributed by atoms with Crippen molar-refractivity contribution in [1.82, 2.24) is 4.98 Å². The molecule has 0 aliphatic carbocycles. The van der Waals surface area contributed by atoms with Gasteiger partial charge in [-0.1, -0.05) is 30.4 Å². The van der Waals surface area contributed by atoms with Crippen LogP contribution < -0.4 is 5.32 Å². The summed E-state index contributed by atoms with van der Waals surface area (Å²) in [5.41, 5.74) is 1.06. The Kier molecular flexibility index (Phi) is 4.34. The molecule has 1 aromatic heterocycles. The second-order valence-electron chi connectivity index (χ2n) is 4.34. The molecule has 0 amide bonds. The van der Waals surface area contributed by atoms with E-state index in [-0.39, 0.29) is 6.61 Å². The van der Waals surface area contributed by atoms with Gasteiger partial charge in [-0.15, -0.1) is 0 Å². The predicted molar refractivity (Wildman–Crippen MR) is 73.6 cm³/mol. The molecule has 92 valence electrons. The maximum absolute atomic E-state index is 8.92. The van der Waals surface area contributed by atoms with Gasteiger partial charge in [0.05, 0.1) is 10.2 Å². The largest absolute Gasteiger partial charge is 0.396 e. The molecule has 2 aromatic rings. The van der Waals surface area contributed by atoms with Crippen molar-refractivity contribution in [2.24, 2.45) is 5.92 Å². The zero-order valence-electron chi connectivity index (χ0n) is 10.0. The van der Waals surface area contributed by atoms with Crippen LogP contribution >= 0.6 is 11.3 Å². The molecule has 0 aliphatic rings. The number of para-hydroxylation sites is 1. The van der Waals surface area contributed by atoms with Gasteiger partial charge in [0.25, 0.3) is 0 Å². The first-order chi connectivity index (χ1) is 8.29. The Morgan fingerprint density at radius 3 is 3.00 bits per heavy atom. The molecule has 0 aliphatic heterocycles. The first-order valence-corrected chi connectivity index (χ1v) is 6.81. The highest BCUT2D eigenvalue weighted by molar-refractivity contribution is 7.22. The highest BCUT2D eigenvalue weighted by Crippen LogP contribution is 2.25. The fourth-order valence-corrected chi connectivity index (χ4v) is 2.58. The second kappa shape index (κ2) is 5.98. The SMILES string of the molecule is CC(CO)CCCNc1nc2ccccc2s1. The Morgan fingerprint density at radius 2 is 2.24 bits per heavy atom. The van der Waals surface area contributed by atoms with Gasteiger partial charge in [-0.3, -0.25) is 0 Å². The summed E-state index contributed by atoms with van der Waals surface area (Å²) in [5, 5.41) is 13.2. The first-order valence-electron chi connectivity index (χ1n) is 6.00. The lowest BCUT2D eigenvalue weighted by Crippen LogP contribution is -2.06. The van der Waals surface area contributed by atoms with Gasteiger partial charge < -0.3 is 10.4 Å². The van der Waals surface area contributed by atoms with Crippen molar-refractivity contribution in [3.8, 4) is 0 Å². The maximum Gasteiger partial charge on any atom is 0.183 e. The topological polar surface area (TPSA) is 45.1 Å². The van der Waals surface area contributed by atoms with E-state index in [1.165, 1.54) is 4.70 Å². The van der Waals surface area contributed by atoms with Crippen LogP contribution in [0.5, 0.6) is 0 Å². The van der Waals surface area contributed by atoms with Crippen molar-refractivity contribution in [3.05, 3.63) is 24.3 Å². The van der Waals surface area contributed by atoms with Crippen LogP contribution in [0.1, 0.15) is 19.8 Å². The minimum atomic E-state index is 0.279. The van der Waals surface area contributed by atoms with E-state index in [0.29, 0.717) is 5.92 Å². The summed E-state index contributed by atoms with van der Waals surface area (Å²) in [7, 11) is 0. The molecule has 1 atom stereocenters. The summed E-state index contributed by atoms with van der Waals surface area (Å²) in [6.45, 7) is 3.27. The summed E-state index contributed by atoms with van der Waals surface area (Å²) in [6, 6.07) is 8.17. The highest BCUT2D eigenvalue weighted by atomic mass is 32.1. The molecular formula is C13H18N2OS. The third-order valence-corrected chi connectivity index (χ3v) is 3.75. The Morgan fingerprint density at radius 1 is 1.41 bits per heavy atom. The molecule has 1 heterocycles. The van der Waals surface area contributed by atoms with Crippen LogP contribution in [-0.4, -0.2) is 23.2 Å². The van der Waals surface area contributed by atoms with E-state index in [9.17, 15) is 0 Å². The standard InChI is InChI=1S/C13H18N2OS/c1-10(9-16)5-4-8-14-13-15-11-6-2-3-7-12(11)17-13/h2-3,6-7,10,16H,4-5,8-9H2,1H3,(H,14,15). The van der Waals surface area contributed by atoms with Crippen LogP contribution in [0, 0.1) is 5.92 Å². The number of hydrogen-bond acceptors (Lipinski definition) is 4. The summed E-state index contributed by atoms with van der Waals surface area (Å²) >= 11 is 1.69. The van der Waals surface area contributed by atoms with Crippen LogP contribution in [0.4, 0.5) is 5.13 Å². The van der Waals surface area contributed by atoms with E-state index in [1.54, 1.807) is 11.3 Å². The van der Waals surface area contributed by atoms with E-state index in [1.807, 2.05) is 18.2 Å². The van der Waals surface area contributed by atoms with Gasteiger partial charge in [0.15, 0.2) is 5.13 Å². The van der Waals surface area contributed by atoms with E-state index in [2.05, 4.69) is 23.3 Å². The minimum Gasteiger partial charge on any atom is -0.396 e. The Balaban J connectivity index is 1.83. The molecule has 3 nitrogen and oxygen atoms in total. The number of anilines is 1. The zero-order chi connectivity index (χ0) is 12.1. The van der Waals surface area contributed by atoms with Crippen LogP contribution in [0.3, 0.4) is 0 Å². The molecule has 2 N–H and O–H groups in total. The van der Waals surface area contributed by atoms with E-state index >= 15 is 0 Å². The predicted octanol–water partition coefficient (Wildman–Crippen LogP) is 3.12. The van der Waals surface area contributed by atoms with Gasteiger partial charge >= 0.3 is 0 Å². The second-order valence-corrected chi connectivity index (χ2v) is 5.37. The number of aromatic nitrogens is 1. The molecule has 0 bridgehead atoms. The average molecular weight is 250 g/mol. The average Bonchev–Trinajstić information content (AvgIpc) is 2.76. The molecule has 2 rings (SSSR count). The van der Waals surface area contributed by atoms with E-state index in [4.69, 9.17) is 5.11 Å². The summed E-state index contributed by atoms with van der Waals surface area (Å²) < 4.78 is 1.22. The third-order valence-electron chi connectivity index (χ3n) is 2.76. The van der Waals surface area contributed by atoms with Gasteiger partial charge in [-0.05, 0) is 30.9 Å². The normalized spacial score (nSPS) is 12.8. The van der Waals surface area contributed by atoms with Crippen molar-refractivity contribution in [2.75, 3.05) is 18.5 Å². The number of thiazole rings is 1. The molecule has 0 saturated heterocycles. The van der Waals surface area contributed by atoms with Crippen molar-refractivity contribution >= 4 is 26.7 Å². The lowest BCUT2D eigenvalue weighted by Gasteiger charge is -2.07. The Labute approximate surface area is 106 Å². The molecule has 0 saturated carbocycles. The van der Waals surface area contributed by atoms with Gasteiger partial charge in [-0.2, -0.15) is 0 Å². The smallest absolute Gasteiger partial charge is 0.183 e. The lowest BCUT2D eigenvalue weighted by atomic mass is 10.1. The van der Waals surface area contributed by atoms with Crippen molar-refractivity contribution in [3.63, 3.8) is 0 Å². The van der Waals surface area contributed by atoms with Crippen LogP contribution in [-0.2, 0) is 0 Å². The third kappa shape index (κ3) is 3.41. The van der Waals surface area contributed by atoms with Gasteiger partial charge in [0.2, 0.25) is 0 Å². The highest BCUT2D eigenvalue weighted by Gasteiger charge is 2.03. The van der Waals surface area contributed by atoms with Crippen LogP contribution in [0.15, 0.2) is 24.3 Å². The molecular weight excluding hydrogens is 232 g/mol. The quantitative estimate of drug-likeness (QED) is 0.774. The number of benzene rings is 1. The number of nitrogens with one attached hydrogen (secondary N) is 1. The molecule has 0 fully saturated rings. The number of aliphatic hydroxyl groups is 1. The fourth-order valence-electron chi connectivity index (χ4n) is 1.68. The van der Waals surface area contributed by atoms with Gasteiger partial charge in [0.1, 0.15) is 0 Å². The van der Waals surface area contributed by atoms with Crippen molar-refractivity contribution in [1.29, 1.82) is 0 Å². The van der Waals surface area contributed by atoms with E-state index in [0.717, 1.165) is 30.0 Å². The number of aliphatic hydroxyl groups excluding tert-OH is 1. The molecule has 17 heavy (non-hydrogen) atoms. The number of fused-ring (bicyclic) bond motifs is 1. The molecule has 1 unspecified atom stereocenters. The summed E-state index contributed by atoms with van der Waals surface area (Å²) in [5.74, 6) is 0.396. The summed E-state index contributed by atoms with van der Waals surface area (Å²) in [6.07, 6.45) is 2.12. The van der Waals surface area contributed by atoms with Crippen molar-refractivity contribution < 1.29 is 5.11 Å². The summed E-state index contributed by atoms with van der Waals surface area (Å²) in [4.78, 5) is 4.51. The fraction of sp³-hybridized carbons (Fsp3) is 0.462.